The van der Waals surface area contributed by atoms with Gasteiger partial charge in [-0.3, -0.25) is 4.55 Å². The molecule has 0 saturated heterocycles. The van der Waals surface area contributed by atoms with E-state index in [1.54, 1.807) is 0 Å². The third kappa shape index (κ3) is 6.69. The van der Waals surface area contributed by atoms with Crippen molar-refractivity contribution in [3.8, 4) is 0 Å². The third-order valence-electron chi connectivity index (χ3n) is 2.16. The Morgan fingerprint density at radius 1 is 1.05 bits per heavy atom. The number of carbonyl (C=O) groups is 2. The summed E-state index contributed by atoms with van der Waals surface area (Å²) in [6, 6.07) is 4.94. The third-order valence-corrected chi connectivity index (χ3v) is 3.03. The number of hydrogen-bond acceptors (Lipinski definition) is 4. The van der Waals surface area contributed by atoms with Crippen LogP contribution in [0.4, 0.5) is 0 Å². The molecule has 3 N–H and O–H groups in total. The zero-order valence-corrected chi connectivity index (χ0v) is 10.7. The van der Waals surface area contributed by atoms with Crippen molar-refractivity contribution in [2.75, 3.05) is 0 Å². The first-order chi connectivity index (χ1) is 9.20. The van der Waals surface area contributed by atoms with E-state index in [9.17, 15) is 18.0 Å². The molecule has 1 aromatic rings. The summed E-state index contributed by atoms with van der Waals surface area (Å²) in [5.41, 5.74) is 0.00583. The number of aliphatic carboxylic acids is 2. The summed E-state index contributed by atoms with van der Waals surface area (Å²) in [4.78, 5) is 20.9. The zero-order valence-electron chi connectivity index (χ0n) is 9.92. The molecule has 108 valence electrons. The summed E-state index contributed by atoms with van der Waals surface area (Å²) in [5, 5.41) is 17.2. The van der Waals surface area contributed by atoms with E-state index in [4.69, 9.17) is 14.8 Å². The number of rotatable bonds is 5. The first-order valence-corrected chi connectivity index (χ1v) is 6.57. The van der Waals surface area contributed by atoms with E-state index in [1.807, 2.05) is 0 Å². The first kappa shape index (κ1) is 19.6. The van der Waals surface area contributed by atoms with Crippen LogP contribution >= 0.6 is 0 Å². The molecule has 0 radical (unpaired) electrons. The Morgan fingerprint density at radius 3 is 1.95 bits per heavy atom. The van der Waals surface area contributed by atoms with Crippen LogP contribution in [-0.2, 0) is 19.7 Å². The molecular weight excluding hydrogens is 311 g/mol. The second kappa shape index (κ2) is 8.11. The summed E-state index contributed by atoms with van der Waals surface area (Å²) >= 11 is 0. The van der Waals surface area contributed by atoms with Crippen molar-refractivity contribution in [3.63, 3.8) is 0 Å². The van der Waals surface area contributed by atoms with Gasteiger partial charge in [0, 0.05) is 6.08 Å². The van der Waals surface area contributed by atoms with E-state index in [0.717, 1.165) is 18.2 Å². The molecule has 0 heterocycles. The molecule has 7 nitrogen and oxygen atoms in total. The molecule has 0 aliphatic rings. The summed E-state index contributed by atoms with van der Waals surface area (Å²) in [6.07, 6.45) is 2.90. The second-order valence-corrected chi connectivity index (χ2v) is 5.04. The molecule has 1 aromatic carbocycles. The first-order valence-electron chi connectivity index (χ1n) is 5.13. The molecule has 9 heteroatoms. The number of hydrogen-bond donors (Lipinski definition) is 3. The van der Waals surface area contributed by atoms with E-state index in [2.05, 4.69) is 0 Å². The molecule has 0 bridgehead atoms. The van der Waals surface area contributed by atoms with Crippen molar-refractivity contribution in [1.29, 1.82) is 0 Å². The summed E-state index contributed by atoms with van der Waals surface area (Å²) in [5.74, 6) is -2.80. The van der Waals surface area contributed by atoms with Gasteiger partial charge in [-0.2, -0.15) is 8.42 Å². The van der Waals surface area contributed by atoms with Gasteiger partial charge < -0.3 is 10.2 Å². The minimum absolute atomic E-state index is 0. The fraction of sp³-hybridized carbons (Fsp3) is 0. The van der Waals surface area contributed by atoms with Gasteiger partial charge in [-0.1, -0.05) is 18.2 Å². The van der Waals surface area contributed by atoms with E-state index < -0.39 is 27.6 Å². The Kier molecular flexibility index (Phi) is 7.55. The summed E-state index contributed by atoms with van der Waals surface area (Å²) in [7, 11) is -4.29. The molecule has 0 spiro atoms. The molecule has 0 unspecified atom stereocenters. The molecule has 1 rings (SSSR count). The summed E-state index contributed by atoms with van der Waals surface area (Å²) in [6.45, 7) is 0. The van der Waals surface area contributed by atoms with Gasteiger partial charge in [0.1, 0.15) is 0 Å². The molecule has 0 atom stereocenters. The van der Waals surface area contributed by atoms with Crippen molar-refractivity contribution in [2.24, 2.45) is 0 Å². The van der Waals surface area contributed by atoms with Crippen LogP contribution in [0, 0.1) is 0 Å². The maximum atomic E-state index is 10.8. The zero-order chi connectivity index (χ0) is 15.3. The number of carboxylic acid groups (broad SMARTS) is 2. The van der Waals surface area contributed by atoms with E-state index in [1.165, 1.54) is 18.2 Å². The Labute approximate surface area is 142 Å². The second-order valence-electron chi connectivity index (χ2n) is 3.62. The Morgan fingerprint density at radius 2 is 1.57 bits per heavy atom. The molecule has 0 amide bonds. The Bertz CT molecular complexity index is 687. The molecule has 0 aromatic heterocycles. The van der Waals surface area contributed by atoms with Crippen LogP contribution in [0.3, 0.4) is 0 Å². The van der Waals surface area contributed by atoms with E-state index >= 15 is 0 Å². The van der Waals surface area contributed by atoms with Crippen LogP contribution in [0.5, 0.6) is 0 Å². The summed E-state index contributed by atoms with van der Waals surface area (Å²) < 4.78 is 30.4. The van der Waals surface area contributed by atoms with Gasteiger partial charge in [-0.05, 0) is 23.8 Å². The molecule has 21 heavy (non-hydrogen) atoms. The van der Waals surface area contributed by atoms with Gasteiger partial charge in [0.25, 0.3) is 10.1 Å². The van der Waals surface area contributed by atoms with Crippen molar-refractivity contribution in [2.45, 2.75) is 4.90 Å². The SMILES string of the molecule is O=C(O)/C=C(/C=Cc1ccc(S(=O)(=O)O)cc1)C(=O)O.[NaH]. The van der Waals surface area contributed by atoms with Crippen molar-refractivity contribution < 1.29 is 32.8 Å². The monoisotopic (exact) mass is 322 g/mol. The van der Waals surface area contributed by atoms with Crippen molar-refractivity contribution in [1.82, 2.24) is 0 Å². The van der Waals surface area contributed by atoms with Crippen LogP contribution in [0.15, 0.2) is 46.9 Å². The quantitative estimate of drug-likeness (QED) is 0.309. The van der Waals surface area contributed by atoms with Crippen LogP contribution < -0.4 is 0 Å². The van der Waals surface area contributed by atoms with Crippen LogP contribution in [-0.4, -0.2) is 64.7 Å². The molecule has 0 aliphatic carbocycles. The van der Waals surface area contributed by atoms with Crippen LogP contribution in [0.1, 0.15) is 5.56 Å². The van der Waals surface area contributed by atoms with Gasteiger partial charge >= 0.3 is 41.5 Å². The minimum atomic E-state index is -4.29. The van der Waals surface area contributed by atoms with Crippen LogP contribution in [0.2, 0.25) is 0 Å². The van der Waals surface area contributed by atoms with Crippen molar-refractivity contribution >= 4 is 57.7 Å². The Hall–Kier alpha value is -1.45. The predicted molar refractivity (Wildman–Crippen MR) is 75.8 cm³/mol. The van der Waals surface area contributed by atoms with Gasteiger partial charge in [-0.15, -0.1) is 0 Å². The average Bonchev–Trinajstić information content (AvgIpc) is 2.33. The topological polar surface area (TPSA) is 129 Å². The van der Waals surface area contributed by atoms with E-state index in [-0.39, 0.29) is 34.5 Å². The van der Waals surface area contributed by atoms with Gasteiger partial charge in [0.05, 0.1) is 10.5 Å². The molecule has 0 saturated carbocycles. The number of carboxylic acids is 2. The number of benzene rings is 1. The fourth-order valence-corrected chi connectivity index (χ4v) is 1.73. The molecule has 0 aliphatic heterocycles. The van der Waals surface area contributed by atoms with Crippen LogP contribution in [0.25, 0.3) is 6.08 Å². The van der Waals surface area contributed by atoms with Crippen molar-refractivity contribution in [3.05, 3.63) is 47.6 Å². The normalized spacial score (nSPS) is 12.0. The maximum absolute atomic E-state index is 10.8. The molecule has 0 fully saturated rings. The standard InChI is InChI=1S/C12H10O7S.Na.H/c13-11(14)7-9(12(15)16)4-1-8-2-5-10(6-3-8)20(17,18)19;;/h1-7H,(H,13,14)(H,15,16)(H,17,18,19);;/b4-1?,9-7-;;. The fourth-order valence-electron chi connectivity index (χ4n) is 1.25. The Balaban J connectivity index is 0.00000400. The average molecular weight is 322 g/mol. The van der Waals surface area contributed by atoms with Gasteiger partial charge in [0.15, 0.2) is 0 Å². The van der Waals surface area contributed by atoms with Gasteiger partial charge in [0.2, 0.25) is 0 Å². The van der Waals surface area contributed by atoms with Gasteiger partial charge in [-0.25, -0.2) is 9.59 Å². The van der Waals surface area contributed by atoms with E-state index in [0.29, 0.717) is 11.6 Å². The predicted octanol–water partition coefficient (Wildman–Crippen LogP) is 0.394. The molecular formula is C12H11NaO7S.